The number of esters is 1. The molecule has 0 unspecified atom stereocenters. The highest BCUT2D eigenvalue weighted by Gasteiger charge is 2.40. The van der Waals surface area contributed by atoms with E-state index in [4.69, 9.17) is 25.5 Å². The molecule has 0 aliphatic carbocycles. The largest absolute Gasteiger partial charge is 0.453 e. The minimum atomic E-state index is -5.03. The third kappa shape index (κ3) is 4.89. The van der Waals surface area contributed by atoms with Crippen LogP contribution in [0.3, 0.4) is 0 Å². The maximum atomic E-state index is 13.7. The number of alkyl halides is 3. The Labute approximate surface area is 197 Å². The summed E-state index contributed by atoms with van der Waals surface area (Å²) in [5, 5.41) is 0.119. The van der Waals surface area contributed by atoms with Gasteiger partial charge >= 0.3 is 12.1 Å². The van der Waals surface area contributed by atoms with Crippen molar-refractivity contribution in [3.8, 4) is 17.2 Å². The molecule has 33 heavy (non-hydrogen) atoms. The van der Waals surface area contributed by atoms with Crippen LogP contribution in [-0.2, 0) is 6.18 Å². The molecule has 4 aromatic rings. The van der Waals surface area contributed by atoms with Crippen LogP contribution in [-0.4, -0.2) is 5.97 Å². The van der Waals surface area contributed by atoms with Gasteiger partial charge in [-0.1, -0.05) is 29.8 Å². The summed E-state index contributed by atoms with van der Waals surface area (Å²) < 4.78 is 57.0. The molecular weight excluding hydrogens is 529 g/mol. The van der Waals surface area contributed by atoms with Gasteiger partial charge in [-0.05, 0) is 58.4 Å². The summed E-state index contributed by atoms with van der Waals surface area (Å²) in [6.45, 7) is 0. The molecular formula is C23H11BrClF3O5. The van der Waals surface area contributed by atoms with E-state index >= 15 is 0 Å². The van der Waals surface area contributed by atoms with E-state index in [1.807, 2.05) is 0 Å². The van der Waals surface area contributed by atoms with Crippen LogP contribution in [0, 0.1) is 0 Å². The molecule has 0 atom stereocenters. The first-order chi connectivity index (χ1) is 15.6. The summed E-state index contributed by atoms with van der Waals surface area (Å²) in [5.41, 5.74) is -1.33. The van der Waals surface area contributed by atoms with Crippen LogP contribution < -0.4 is 14.9 Å². The molecule has 10 heteroatoms. The first-order valence-electron chi connectivity index (χ1n) is 9.21. The third-order valence-corrected chi connectivity index (χ3v) is 5.29. The van der Waals surface area contributed by atoms with Crippen molar-refractivity contribution in [1.29, 1.82) is 0 Å². The fraction of sp³-hybridized carbons (Fsp3) is 0.0435. The molecule has 0 bridgehead atoms. The van der Waals surface area contributed by atoms with Crippen LogP contribution in [0.2, 0.25) is 5.02 Å². The fourth-order valence-electron chi connectivity index (χ4n) is 2.92. The highest BCUT2D eigenvalue weighted by Crippen LogP contribution is 2.39. The Balaban J connectivity index is 1.77. The van der Waals surface area contributed by atoms with Gasteiger partial charge in [0, 0.05) is 11.1 Å². The van der Waals surface area contributed by atoms with Gasteiger partial charge in [0.25, 0.3) is 5.76 Å². The molecule has 4 rings (SSSR count). The normalized spacial score (nSPS) is 11.4. The monoisotopic (exact) mass is 538 g/mol. The van der Waals surface area contributed by atoms with Crippen molar-refractivity contribution in [3.63, 3.8) is 0 Å². The summed E-state index contributed by atoms with van der Waals surface area (Å²) in [7, 11) is 0. The van der Waals surface area contributed by atoms with Gasteiger partial charge in [0.15, 0.2) is 0 Å². The number of carbonyl (C=O) groups excluding carboxylic acids is 1. The molecule has 1 heterocycles. The molecule has 0 aliphatic rings. The number of halogens is 5. The number of benzene rings is 3. The van der Waals surface area contributed by atoms with Gasteiger partial charge in [-0.25, -0.2) is 4.79 Å². The number of hydrogen-bond acceptors (Lipinski definition) is 5. The average Bonchev–Trinajstić information content (AvgIpc) is 2.76. The average molecular weight is 540 g/mol. The molecule has 0 radical (unpaired) electrons. The molecule has 0 amide bonds. The van der Waals surface area contributed by atoms with Crippen molar-refractivity contribution in [2.24, 2.45) is 0 Å². The Morgan fingerprint density at radius 1 is 1.00 bits per heavy atom. The van der Waals surface area contributed by atoms with E-state index in [0.29, 0.717) is 9.50 Å². The number of rotatable bonds is 4. The van der Waals surface area contributed by atoms with Crippen molar-refractivity contribution in [1.82, 2.24) is 0 Å². The maximum Gasteiger partial charge on any atom is 0.453 e. The quantitative estimate of drug-likeness (QED) is 0.202. The zero-order chi connectivity index (χ0) is 23.8. The van der Waals surface area contributed by atoms with E-state index in [-0.39, 0.29) is 22.4 Å². The molecule has 0 fully saturated rings. The van der Waals surface area contributed by atoms with Crippen LogP contribution in [0.25, 0.3) is 11.0 Å². The molecule has 3 aromatic carbocycles. The Morgan fingerprint density at radius 3 is 2.45 bits per heavy atom. The minimum absolute atomic E-state index is 0.00159. The molecule has 0 saturated heterocycles. The second-order valence-electron chi connectivity index (χ2n) is 6.68. The Morgan fingerprint density at radius 2 is 1.76 bits per heavy atom. The second-order valence-corrected chi connectivity index (χ2v) is 7.97. The summed E-state index contributed by atoms with van der Waals surface area (Å²) in [6.07, 6.45) is -5.03. The molecule has 1 aromatic heterocycles. The number of para-hydroxylation sites is 1. The van der Waals surface area contributed by atoms with E-state index in [1.165, 1.54) is 36.4 Å². The standard InChI is InChI=1S/C23H11BrClF3O5/c24-16-6-1-2-7-17(16)32-20-19(29)15-9-8-14(11-18(15)33-21(20)23(26,27)28)31-22(30)12-4-3-5-13(25)10-12/h1-11H. The topological polar surface area (TPSA) is 65.7 Å². The zero-order valence-electron chi connectivity index (χ0n) is 16.3. The van der Waals surface area contributed by atoms with E-state index in [2.05, 4.69) is 15.9 Å². The molecule has 168 valence electrons. The molecule has 0 spiro atoms. The SMILES string of the molecule is O=C(Oc1ccc2c(=O)c(Oc3ccccc3Br)c(C(F)(F)F)oc2c1)c1cccc(Cl)c1. The summed E-state index contributed by atoms with van der Waals surface area (Å²) in [5.74, 6) is -3.53. The minimum Gasteiger partial charge on any atom is -0.448 e. The zero-order valence-corrected chi connectivity index (χ0v) is 18.6. The molecule has 0 N–H and O–H groups in total. The van der Waals surface area contributed by atoms with Gasteiger partial charge < -0.3 is 13.9 Å². The van der Waals surface area contributed by atoms with Crippen molar-refractivity contribution in [2.75, 3.05) is 0 Å². The number of ether oxygens (including phenoxy) is 2. The summed E-state index contributed by atoms with van der Waals surface area (Å²) >= 11 is 9.01. The van der Waals surface area contributed by atoms with Crippen LogP contribution in [0.4, 0.5) is 13.2 Å². The highest BCUT2D eigenvalue weighted by molar-refractivity contribution is 9.10. The fourth-order valence-corrected chi connectivity index (χ4v) is 3.47. The van der Waals surface area contributed by atoms with Gasteiger partial charge in [-0.2, -0.15) is 13.2 Å². The van der Waals surface area contributed by atoms with Crippen molar-refractivity contribution in [2.45, 2.75) is 6.18 Å². The smallest absolute Gasteiger partial charge is 0.448 e. The van der Waals surface area contributed by atoms with Gasteiger partial charge in [0.2, 0.25) is 11.2 Å². The van der Waals surface area contributed by atoms with E-state index in [1.54, 1.807) is 24.3 Å². The maximum absolute atomic E-state index is 13.7. The van der Waals surface area contributed by atoms with Crippen LogP contribution in [0.1, 0.15) is 16.1 Å². The predicted molar refractivity (Wildman–Crippen MR) is 118 cm³/mol. The van der Waals surface area contributed by atoms with Crippen molar-refractivity contribution >= 4 is 44.5 Å². The van der Waals surface area contributed by atoms with Crippen LogP contribution in [0.5, 0.6) is 17.2 Å². The van der Waals surface area contributed by atoms with E-state index < -0.39 is 34.7 Å². The van der Waals surface area contributed by atoms with Gasteiger partial charge in [0.05, 0.1) is 15.4 Å². The Kier molecular flexibility index (Phi) is 6.18. The summed E-state index contributed by atoms with van der Waals surface area (Å²) in [6, 6.07) is 15.5. The van der Waals surface area contributed by atoms with E-state index in [9.17, 15) is 22.8 Å². The first-order valence-corrected chi connectivity index (χ1v) is 10.4. The molecule has 5 nitrogen and oxygen atoms in total. The number of hydrogen-bond donors (Lipinski definition) is 0. The van der Waals surface area contributed by atoms with Crippen molar-refractivity contribution in [3.05, 3.63) is 97.8 Å². The number of carbonyl (C=O) groups is 1. The summed E-state index contributed by atoms with van der Waals surface area (Å²) in [4.78, 5) is 25.2. The number of fused-ring (bicyclic) bond motifs is 1. The van der Waals surface area contributed by atoms with Crippen molar-refractivity contribution < 1.29 is 31.9 Å². The lowest BCUT2D eigenvalue weighted by Crippen LogP contribution is -2.16. The van der Waals surface area contributed by atoms with Crippen LogP contribution >= 0.6 is 27.5 Å². The lowest BCUT2D eigenvalue weighted by Gasteiger charge is -2.14. The van der Waals surface area contributed by atoms with E-state index in [0.717, 1.165) is 6.07 Å². The lowest BCUT2D eigenvalue weighted by atomic mass is 10.2. The first kappa shape index (κ1) is 22.9. The highest BCUT2D eigenvalue weighted by atomic mass is 79.9. The van der Waals surface area contributed by atoms with Gasteiger partial charge in [-0.15, -0.1) is 0 Å². The van der Waals surface area contributed by atoms with Gasteiger partial charge in [0.1, 0.15) is 17.1 Å². The molecule has 0 aliphatic heterocycles. The Bertz CT molecular complexity index is 1430. The second kappa shape index (κ2) is 8.92. The Hall–Kier alpha value is -3.30. The molecule has 0 saturated carbocycles. The van der Waals surface area contributed by atoms with Crippen LogP contribution in [0.15, 0.2) is 80.4 Å². The predicted octanol–water partition coefficient (Wildman–Crippen LogP) is 7.24. The lowest BCUT2D eigenvalue weighted by molar-refractivity contribution is -0.154. The third-order valence-electron chi connectivity index (χ3n) is 4.40. The van der Waals surface area contributed by atoms with Gasteiger partial charge in [-0.3, -0.25) is 4.79 Å².